The van der Waals surface area contributed by atoms with Gasteiger partial charge in [-0.1, -0.05) is 11.8 Å². The monoisotopic (exact) mass is 437 g/mol. The summed E-state index contributed by atoms with van der Waals surface area (Å²) in [5, 5.41) is 2.84. The Morgan fingerprint density at radius 1 is 1.20 bits per heavy atom. The fourth-order valence-corrected chi connectivity index (χ4v) is 6.20. The van der Waals surface area contributed by atoms with E-state index >= 15 is 0 Å². The zero-order valence-corrected chi connectivity index (χ0v) is 18.7. The first-order valence-corrected chi connectivity index (χ1v) is 12.1. The molecule has 0 aliphatic heterocycles. The molecule has 3 aromatic heterocycles. The number of hydrogen-bond acceptors (Lipinski definition) is 6. The molecule has 1 aliphatic carbocycles. The molecule has 5 nitrogen and oxygen atoms in total. The topological polar surface area (TPSA) is 67.9 Å². The van der Waals surface area contributed by atoms with Crippen LogP contribution >= 0.6 is 23.1 Å². The standard InChI is InChI=1S/C23H23N3O2S2/c1-3-28-15-8-9-17-14(11-15)10-13(2)22(24-17)29-12-19-25-21(27)20-16-6-4-5-7-18(16)30-23(20)26-19/h8-11H,3-7,12H2,1-2H3,(H,25,26,27). The molecule has 0 spiro atoms. The Hall–Kier alpha value is -2.38. The molecule has 7 heteroatoms. The van der Waals surface area contributed by atoms with Gasteiger partial charge in [0.15, 0.2) is 0 Å². The number of H-pyrrole nitrogens is 1. The molecule has 0 saturated heterocycles. The zero-order valence-electron chi connectivity index (χ0n) is 17.1. The molecular weight excluding hydrogens is 414 g/mol. The number of hydrogen-bond donors (Lipinski definition) is 1. The number of rotatable bonds is 5. The molecular formula is C23H23N3O2S2. The van der Waals surface area contributed by atoms with Crippen molar-refractivity contribution >= 4 is 44.2 Å². The van der Waals surface area contributed by atoms with Crippen LogP contribution in [-0.4, -0.2) is 21.6 Å². The quantitative estimate of drug-likeness (QED) is 0.423. The Morgan fingerprint density at radius 3 is 2.93 bits per heavy atom. The van der Waals surface area contributed by atoms with Crippen molar-refractivity contribution in [3.63, 3.8) is 0 Å². The van der Waals surface area contributed by atoms with Gasteiger partial charge in [0.05, 0.1) is 23.3 Å². The lowest BCUT2D eigenvalue weighted by molar-refractivity contribution is 0.340. The second kappa shape index (κ2) is 8.04. The van der Waals surface area contributed by atoms with Crippen LogP contribution in [0.15, 0.2) is 34.1 Å². The van der Waals surface area contributed by atoms with E-state index in [0.717, 1.165) is 56.7 Å². The predicted molar refractivity (Wildman–Crippen MR) is 124 cm³/mol. The molecule has 0 saturated carbocycles. The number of thiophene rings is 1. The molecule has 0 unspecified atom stereocenters. The smallest absolute Gasteiger partial charge is 0.259 e. The Labute approximate surface area is 182 Å². The Balaban J connectivity index is 1.42. The van der Waals surface area contributed by atoms with E-state index in [1.807, 2.05) is 25.1 Å². The zero-order chi connectivity index (χ0) is 20.7. The van der Waals surface area contributed by atoms with Crippen molar-refractivity contribution in [1.82, 2.24) is 15.0 Å². The number of fused-ring (bicyclic) bond motifs is 4. The third kappa shape index (κ3) is 3.61. The van der Waals surface area contributed by atoms with Crippen molar-refractivity contribution in [2.24, 2.45) is 0 Å². The van der Waals surface area contributed by atoms with Crippen molar-refractivity contribution in [3.05, 3.63) is 56.4 Å². The largest absolute Gasteiger partial charge is 0.494 e. The van der Waals surface area contributed by atoms with Gasteiger partial charge in [-0.05, 0) is 74.9 Å². The summed E-state index contributed by atoms with van der Waals surface area (Å²) in [7, 11) is 0. The maximum Gasteiger partial charge on any atom is 0.259 e. The summed E-state index contributed by atoms with van der Waals surface area (Å²) in [6.07, 6.45) is 4.44. The van der Waals surface area contributed by atoms with Crippen LogP contribution in [0.4, 0.5) is 0 Å². The van der Waals surface area contributed by atoms with Crippen LogP contribution in [-0.2, 0) is 18.6 Å². The molecule has 0 atom stereocenters. The number of aromatic nitrogens is 3. The number of benzene rings is 1. The highest BCUT2D eigenvalue weighted by Crippen LogP contribution is 2.34. The number of pyridine rings is 1. The van der Waals surface area contributed by atoms with Crippen molar-refractivity contribution in [2.75, 3.05) is 6.61 Å². The minimum Gasteiger partial charge on any atom is -0.494 e. The van der Waals surface area contributed by atoms with Crippen molar-refractivity contribution in [3.8, 4) is 5.75 Å². The molecule has 0 radical (unpaired) electrons. The van der Waals surface area contributed by atoms with Crippen LogP contribution in [0.2, 0.25) is 0 Å². The number of thioether (sulfide) groups is 1. The van der Waals surface area contributed by atoms with Gasteiger partial charge in [-0.25, -0.2) is 9.97 Å². The van der Waals surface area contributed by atoms with Crippen molar-refractivity contribution < 1.29 is 4.74 Å². The summed E-state index contributed by atoms with van der Waals surface area (Å²) in [5.74, 6) is 2.16. The third-order valence-corrected chi connectivity index (χ3v) is 7.75. The molecule has 1 aliphatic rings. The first kappa shape index (κ1) is 19.6. The number of nitrogens with one attached hydrogen (secondary N) is 1. The fourth-order valence-electron chi connectivity index (χ4n) is 4.06. The lowest BCUT2D eigenvalue weighted by Crippen LogP contribution is -2.12. The van der Waals surface area contributed by atoms with Crippen LogP contribution in [0.25, 0.3) is 21.1 Å². The third-order valence-electron chi connectivity index (χ3n) is 5.46. The average molecular weight is 438 g/mol. The van der Waals surface area contributed by atoms with E-state index in [9.17, 15) is 4.79 Å². The van der Waals surface area contributed by atoms with Gasteiger partial charge in [0.25, 0.3) is 5.56 Å². The van der Waals surface area contributed by atoms with E-state index in [1.165, 1.54) is 16.9 Å². The molecule has 1 N–H and O–H groups in total. The van der Waals surface area contributed by atoms with Gasteiger partial charge in [-0.3, -0.25) is 4.79 Å². The molecule has 0 fully saturated rings. The second-order valence-electron chi connectivity index (χ2n) is 7.59. The highest BCUT2D eigenvalue weighted by atomic mass is 32.2. The van der Waals surface area contributed by atoms with Crippen molar-refractivity contribution in [1.29, 1.82) is 0 Å². The Morgan fingerprint density at radius 2 is 2.07 bits per heavy atom. The summed E-state index contributed by atoms with van der Waals surface area (Å²) in [6.45, 7) is 4.69. The van der Waals surface area contributed by atoms with E-state index in [2.05, 4.69) is 18.0 Å². The van der Waals surface area contributed by atoms with Crippen molar-refractivity contribution in [2.45, 2.75) is 50.3 Å². The number of ether oxygens (including phenoxy) is 1. The maximum absolute atomic E-state index is 12.7. The molecule has 0 bridgehead atoms. The molecule has 3 heterocycles. The first-order chi connectivity index (χ1) is 14.6. The predicted octanol–water partition coefficient (Wildman–Crippen LogP) is 5.41. The Bertz CT molecular complexity index is 1310. The second-order valence-corrected chi connectivity index (χ2v) is 9.64. The van der Waals surface area contributed by atoms with Crippen LogP contribution in [0.5, 0.6) is 5.75 Å². The summed E-state index contributed by atoms with van der Waals surface area (Å²) in [5.41, 5.74) is 3.28. The van der Waals surface area contributed by atoms with Crippen LogP contribution in [0, 0.1) is 6.92 Å². The highest BCUT2D eigenvalue weighted by Gasteiger charge is 2.20. The summed E-state index contributed by atoms with van der Waals surface area (Å²) in [6, 6.07) is 8.11. The van der Waals surface area contributed by atoms with E-state index in [1.54, 1.807) is 23.1 Å². The fraction of sp³-hybridized carbons (Fsp3) is 0.348. The van der Waals surface area contributed by atoms with Crippen LogP contribution in [0.3, 0.4) is 0 Å². The van der Waals surface area contributed by atoms with Gasteiger partial charge in [0.1, 0.15) is 21.4 Å². The van der Waals surface area contributed by atoms with E-state index in [-0.39, 0.29) is 5.56 Å². The van der Waals surface area contributed by atoms with Crippen LogP contribution < -0.4 is 10.3 Å². The minimum absolute atomic E-state index is 0.00152. The minimum atomic E-state index is 0.00152. The summed E-state index contributed by atoms with van der Waals surface area (Å²) >= 11 is 3.30. The van der Waals surface area contributed by atoms with E-state index in [0.29, 0.717) is 18.2 Å². The van der Waals surface area contributed by atoms with Gasteiger partial charge in [-0.2, -0.15) is 0 Å². The SMILES string of the molecule is CCOc1ccc2nc(SCc3nc4sc5c(c4c(=O)[nH]3)CCCC5)c(C)cc2c1. The number of aryl methyl sites for hydroxylation is 3. The Kier molecular flexibility index (Phi) is 5.25. The summed E-state index contributed by atoms with van der Waals surface area (Å²) in [4.78, 5) is 27.6. The molecule has 5 rings (SSSR count). The normalized spacial score (nSPS) is 13.7. The maximum atomic E-state index is 12.7. The van der Waals surface area contributed by atoms with E-state index in [4.69, 9.17) is 14.7 Å². The average Bonchev–Trinajstić information content (AvgIpc) is 3.11. The highest BCUT2D eigenvalue weighted by molar-refractivity contribution is 7.98. The molecule has 0 amide bonds. The van der Waals surface area contributed by atoms with Crippen LogP contribution in [0.1, 0.15) is 41.6 Å². The molecule has 154 valence electrons. The van der Waals surface area contributed by atoms with Gasteiger partial charge in [-0.15, -0.1) is 11.3 Å². The lowest BCUT2D eigenvalue weighted by Gasteiger charge is -2.10. The molecule has 30 heavy (non-hydrogen) atoms. The molecule has 4 aromatic rings. The van der Waals surface area contributed by atoms with Gasteiger partial charge >= 0.3 is 0 Å². The van der Waals surface area contributed by atoms with E-state index < -0.39 is 0 Å². The summed E-state index contributed by atoms with van der Waals surface area (Å²) < 4.78 is 5.59. The number of aromatic amines is 1. The number of nitrogens with zero attached hydrogens (tertiary/aromatic N) is 2. The van der Waals surface area contributed by atoms with Gasteiger partial charge < -0.3 is 9.72 Å². The molecule has 1 aromatic carbocycles. The van der Waals surface area contributed by atoms with Gasteiger partial charge in [0.2, 0.25) is 0 Å². The lowest BCUT2D eigenvalue weighted by atomic mass is 9.97. The first-order valence-electron chi connectivity index (χ1n) is 10.3. The van der Waals surface area contributed by atoms with Gasteiger partial charge in [0, 0.05) is 10.3 Å².